The molecule has 2 rings (SSSR count). The van der Waals surface area contributed by atoms with Crippen LogP contribution in [0, 0.1) is 13.8 Å². The topological polar surface area (TPSA) is 83.9 Å². The predicted octanol–water partition coefficient (Wildman–Crippen LogP) is 1.41. The summed E-state index contributed by atoms with van der Waals surface area (Å²) in [5, 5.41) is 9.20. The Morgan fingerprint density at radius 3 is 2.62 bits per heavy atom. The number of nitrogens with zero attached hydrogens (tertiary/aromatic N) is 1. The first kappa shape index (κ1) is 15.9. The van der Waals surface area contributed by atoms with Crippen LogP contribution in [0.4, 0.5) is 0 Å². The summed E-state index contributed by atoms with van der Waals surface area (Å²) in [6.07, 6.45) is -0.168. The number of aromatic carboxylic acids is 1. The molecule has 1 atom stereocenters. The molecule has 1 heterocycles. The Morgan fingerprint density at radius 1 is 1.38 bits per heavy atom. The number of ether oxygens (including phenoxy) is 1. The molecule has 0 aliphatic carbocycles. The van der Waals surface area contributed by atoms with Crippen LogP contribution in [0.25, 0.3) is 0 Å². The maximum atomic E-state index is 12.6. The van der Waals surface area contributed by atoms with Crippen LogP contribution >= 0.6 is 0 Å². The van der Waals surface area contributed by atoms with Gasteiger partial charge in [-0.1, -0.05) is 0 Å². The first-order valence-electron chi connectivity index (χ1n) is 6.69. The van der Waals surface area contributed by atoms with E-state index in [9.17, 15) is 18.3 Å². The van der Waals surface area contributed by atoms with E-state index in [0.29, 0.717) is 17.7 Å². The Kier molecular flexibility index (Phi) is 4.36. The number of carbonyl (C=O) groups is 1. The highest BCUT2D eigenvalue weighted by Gasteiger charge is 2.30. The first-order chi connectivity index (χ1) is 9.73. The minimum absolute atomic E-state index is 0.0230. The van der Waals surface area contributed by atoms with Crippen molar-refractivity contribution in [3.05, 3.63) is 28.8 Å². The lowest BCUT2D eigenvalue weighted by Crippen LogP contribution is -2.44. The average Bonchev–Trinajstić information content (AvgIpc) is 2.41. The van der Waals surface area contributed by atoms with E-state index in [1.54, 1.807) is 13.8 Å². The van der Waals surface area contributed by atoms with E-state index < -0.39 is 16.0 Å². The normalized spacial score (nSPS) is 20.4. The minimum atomic E-state index is -3.70. The summed E-state index contributed by atoms with van der Waals surface area (Å²) in [6, 6.07) is 2.76. The Hall–Kier alpha value is -1.44. The molecule has 1 aromatic carbocycles. The minimum Gasteiger partial charge on any atom is -0.478 e. The van der Waals surface area contributed by atoms with Crippen LogP contribution in [0.15, 0.2) is 17.0 Å². The highest BCUT2D eigenvalue weighted by Crippen LogP contribution is 2.24. The molecular weight excluding hydrogens is 294 g/mol. The zero-order valence-corrected chi connectivity index (χ0v) is 13.1. The molecule has 1 saturated heterocycles. The van der Waals surface area contributed by atoms with E-state index >= 15 is 0 Å². The van der Waals surface area contributed by atoms with E-state index in [0.717, 1.165) is 0 Å². The third-order valence-electron chi connectivity index (χ3n) is 3.71. The molecule has 0 spiro atoms. The predicted molar refractivity (Wildman–Crippen MR) is 77.0 cm³/mol. The number of aryl methyl sites for hydroxylation is 1. The Balaban J connectivity index is 2.47. The number of sulfonamides is 1. The van der Waals surface area contributed by atoms with Crippen molar-refractivity contribution in [2.75, 3.05) is 19.7 Å². The van der Waals surface area contributed by atoms with Crippen molar-refractivity contribution in [1.82, 2.24) is 4.31 Å². The van der Waals surface area contributed by atoms with Gasteiger partial charge in [0.25, 0.3) is 0 Å². The van der Waals surface area contributed by atoms with Gasteiger partial charge in [0.2, 0.25) is 10.0 Å². The van der Waals surface area contributed by atoms with E-state index in [4.69, 9.17) is 4.74 Å². The van der Waals surface area contributed by atoms with Gasteiger partial charge in [-0.3, -0.25) is 0 Å². The van der Waals surface area contributed by atoms with Crippen LogP contribution in [-0.4, -0.2) is 49.6 Å². The van der Waals surface area contributed by atoms with Crippen molar-refractivity contribution >= 4 is 16.0 Å². The van der Waals surface area contributed by atoms with Gasteiger partial charge < -0.3 is 9.84 Å². The zero-order valence-electron chi connectivity index (χ0n) is 12.3. The Bertz CT molecular complexity index is 668. The molecule has 1 aliphatic rings. The zero-order chi connectivity index (χ0) is 15.8. The second-order valence-corrected chi connectivity index (χ2v) is 7.20. The van der Waals surface area contributed by atoms with Crippen molar-refractivity contribution in [2.45, 2.75) is 31.8 Å². The van der Waals surface area contributed by atoms with E-state index in [1.807, 2.05) is 6.92 Å². The molecule has 0 radical (unpaired) electrons. The lowest BCUT2D eigenvalue weighted by molar-refractivity contribution is 0.0102. The summed E-state index contributed by atoms with van der Waals surface area (Å²) >= 11 is 0. The molecule has 0 bridgehead atoms. The number of morpholine rings is 1. The van der Waals surface area contributed by atoms with Gasteiger partial charge in [-0.2, -0.15) is 4.31 Å². The summed E-state index contributed by atoms with van der Waals surface area (Å²) in [7, 11) is -3.70. The maximum absolute atomic E-state index is 12.6. The molecular formula is C14H19NO5S. The fourth-order valence-corrected chi connectivity index (χ4v) is 3.96. The highest BCUT2D eigenvalue weighted by molar-refractivity contribution is 7.89. The fraction of sp³-hybridized carbons (Fsp3) is 0.500. The van der Waals surface area contributed by atoms with Crippen LogP contribution < -0.4 is 0 Å². The molecule has 0 aromatic heterocycles. The average molecular weight is 313 g/mol. The van der Waals surface area contributed by atoms with Gasteiger partial charge in [0.15, 0.2) is 0 Å². The third kappa shape index (κ3) is 3.09. The van der Waals surface area contributed by atoms with E-state index in [-0.39, 0.29) is 29.7 Å². The van der Waals surface area contributed by atoms with Gasteiger partial charge >= 0.3 is 5.97 Å². The lowest BCUT2D eigenvalue weighted by Gasteiger charge is -2.30. The molecule has 1 aromatic rings. The number of benzene rings is 1. The van der Waals surface area contributed by atoms with Crippen LogP contribution in [0.2, 0.25) is 0 Å². The second kappa shape index (κ2) is 5.75. The van der Waals surface area contributed by atoms with Crippen LogP contribution in [0.3, 0.4) is 0 Å². The molecule has 116 valence electrons. The molecule has 1 fully saturated rings. The molecule has 21 heavy (non-hydrogen) atoms. The standard InChI is InChI=1S/C14H19NO5S/c1-9-6-12(7-13(11(9)3)14(16)17)21(18,19)15-4-5-20-10(2)8-15/h6-7,10H,4-5,8H2,1-3H3,(H,16,17). The molecule has 0 amide bonds. The smallest absolute Gasteiger partial charge is 0.336 e. The molecule has 0 saturated carbocycles. The van der Waals surface area contributed by atoms with E-state index in [2.05, 4.69) is 0 Å². The largest absolute Gasteiger partial charge is 0.478 e. The molecule has 7 heteroatoms. The summed E-state index contributed by atoms with van der Waals surface area (Å²) in [6.45, 7) is 6.09. The van der Waals surface area contributed by atoms with Crippen molar-refractivity contribution < 1.29 is 23.1 Å². The number of carboxylic acid groups (broad SMARTS) is 1. The van der Waals surface area contributed by atoms with Crippen molar-refractivity contribution in [2.24, 2.45) is 0 Å². The van der Waals surface area contributed by atoms with Crippen molar-refractivity contribution in [3.8, 4) is 0 Å². The second-order valence-electron chi connectivity index (χ2n) is 5.26. The number of hydrogen-bond donors (Lipinski definition) is 1. The molecule has 1 N–H and O–H groups in total. The summed E-state index contributed by atoms with van der Waals surface area (Å²) < 4.78 is 32.0. The van der Waals surface area contributed by atoms with Gasteiger partial charge in [0.05, 0.1) is 23.2 Å². The number of hydrogen-bond acceptors (Lipinski definition) is 4. The van der Waals surface area contributed by atoms with Gasteiger partial charge in [0, 0.05) is 13.1 Å². The number of rotatable bonds is 3. The van der Waals surface area contributed by atoms with Crippen LogP contribution in [-0.2, 0) is 14.8 Å². The summed E-state index contributed by atoms with van der Waals surface area (Å²) in [4.78, 5) is 11.3. The molecule has 6 nitrogen and oxygen atoms in total. The van der Waals surface area contributed by atoms with E-state index in [1.165, 1.54) is 16.4 Å². The Morgan fingerprint density at radius 2 is 2.05 bits per heavy atom. The fourth-order valence-electron chi connectivity index (χ4n) is 2.35. The summed E-state index contributed by atoms with van der Waals surface area (Å²) in [5.41, 5.74) is 1.25. The highest BCUT2D eigenvalue weighted by atomic mass is 32.2. The molecule has 1 aliphatic heterocycles. The van der Waals surface area contributed by atoms with Crippen molar-refractivity contribution in [1.29, 1.82) is 0 Å². The maximum Gasteiger partial charge on any atom is 0.336 e. The molecule has 1 unspecified atom stereocenters. The Labute approximate surface area is 124 Å². The quantitative estimate of drug-likeness (QED) is 0.912. The monoisotopic (exact) mass is 313 g/mol. The first-order valence-corrected chi connectivity index (χ1v) is 8.13. The van der Waals surface area contributed by atoms with Gasteiger partial charge in [-0.05, 0) is 44.0 Å². The lowest BCUT2D eigenvalue weighted by atomic mass is 10.0. The van der Waals surface area contributed by atoms with Gasteiger partial charge in [0.1, 0.15) is 0 Å². The van der Waals surface area contributed by atoms with Crippen LogP contribution in [0.1, 0.15) is 28.4 Å². The van der Waals surface area contributed by atoms with Gasteiger partial charge in [-0.15, -0.1) is 0 Å². The van der Waals surface area contributed by atoms with Crippen molar-refractivity contribution in [3.63, 3.8) is 0 Å². The SMILES string of the molecule is Cc1cc(S(=O)(=O)N2CCOC(C)C2)cc(C(=O)O)c1C. The van der Waals surface area contributed by atoms with Crippen LogP contribution in [0.5, 0.6) is 0 Å². The third-order valence-corrected chi connectivity index (χ3v) is 5.56. The summed E-state index contributed by atoms with van der Waals surface area (Å²) in [5.74, 6) is -1.12. The number of carboxylic acids is 1. The van der Waals surface area contributed by atoms with Gasteiger partial charge in [-0.25, -0.2) is 13.2 Å².